The minimum absolute atomic E-state index is 0.101. The number of nitrogens with zero attached hydrogens (tertiary/aromatic N) is 3. The molecule has 0 spiro atoms. The Hall–Kier alpha value is -2.57. The molecule has 7 nitrogen and oxygen atoms in total. The minimum atomic E-state index is -0.494. The van der Waals surface area contributed by atoms with Crippen molar-refractivity contribution in [2.75, 3.05) is 18.4 Å². The van der Waals surface area contributed by atoms with Gasteiger partial charge >= 0.3 is 0 Å². The standard InChI is InChI=1S/C14H17N5O2/c20-14(15-6-3-8-19-9-7-17-18-19)13-10-16-11-4-1-2-5-12(11)21-13/h1-2,4-5,7,9,13,16H,3,6,8,10H2,(H,15,20). The first kappa shape index (κ1) is 13.4. The predicted molar refractivity (Wildman–Crippen MR) is 77.0 cm³/mol. The third kappa shape index (κ3) is 3.31. The summed E-state index contributed by atoms with van der Waals surface area (Å²) in [7, 11) is 0. The van der Waals surface area contributed by atoms with E-state index in [0.717, 1.165) is 18.7 Å². The van der Waals surface area contributed by atoms with Gasteiger partial charge in [0.25, 0.3) is 5.91 Å². The number of amides is 1. The van der Waals surface area contributed by atoms with Gasteiger partial charge in [0.05, 0.1) is 18.4 Å². The van der Waals surface area contributed by atoms with Gasteiger partial charge in [-0.25, -0.2) is 0 Å². The summed E-state index contributed by atoms with van der Waals surface area (Å²) >= 11 is 0. The van der Waals surface area contributed by atoms with Crippen molar-refractivity contribution >= 4 is 11.6 Å². The zero-order valence-corrected chi connectivity index (χ0v) is 11.5. The molecule has 0 radical (unpaired) electrons. The molecule has 1 atom stereocenters. The summed E-state index contributed by atoms with van der Waals surface area (Å²) in [6.07, 6.45) is 3.74. The lowest BCUT2D eigenvalue weighted by atomic mass is 10.2. The molecule has 1 aromatic carbocycles. The minimum Gasteiger partial charge on any atom is -0.477 e. The van der Waals surface area contributed by atoms with Crippen LogP contribution in [0.3, 0.4) is 0 Å². The molecule has 0 saturated carbocycles. The molecule has 1 amide bonds. The van der Waals surface area contributed by atoms with E-state index < -0.39 is 6.10 Å². The fourth-order valence-electron chi connectivity index (χ4n) is 2.18. The van der Waals surface area contributed by atoms with E-state index in [4.69, 9.17) is 4.74 Å². The van der Waals surface area contributed by atoms with E-state index in [-0.39, 0.29) is 5.91 Å². The van der Waals surface area contributed by atoms with Crippen molar-refractivity contribution in [2.24, 2.45) is 0 Å². The highest BCUT2D eigenvalue weighted by atomic mass is 16.5. The number of carbonyl (C=O) groups excluding carboxylic acids is 1. The Morgan fingerprint density at radius 2 is 2.38 bits per heavy atom. The van der Waals surface area contributed by atoms with Gasteiger partial charge in [-0.2, -0.15) is 0 Å². The second-order valence-electron chi connectivity index (χ2n) is 4.79. The summed E-state index contributed by atoms with van der Waals surface area (Å²) in [6.45, 7) is 1.79. The van der Waals surface area contributed by atoms with Crippen LogP contribution in [0.4, 0.5) is 5.69 Å². The lowest BCUT2D eigenvalue weighted by molar-refractivity contribution is -0.127. The maximum atomic E-state index is 12.1. The van der Waals surface area contributed by atoms with E-state index in [0.29, 0.717) is 18.8 Å². The monoisotopic (exact) mass is 287 g/mol. The van der Waals surface area contributed by atoms with Crippen molar-refractivity contribution in [3.05, 3.63) is 36.7 Å². The third-order valence-electron chi connectivity index (χ3n) is 3.26. The van der Waals surface area contributed by atoms with Crippen molar-refractivity contribution < 1.29 is 9.53 Å². The van der Waals surface area contributed by atoms with E-state index in [1.807, 2.05) is 24.3 Å². The molecule has 0 saturated heterocycles. The molecule has 2 aromatic rings. The van der Waals surface area contributed by atoms with Crippen LogP contribution in [0.5, 0.6) is 5.75 Å². The van der Waals surface area contributed by atoms with Gasteiger partial charge in [-0.3, -0.25) is 9.48 Å². The highest BCUT2D eigenvalue weighted by molar-refractivity contribution is 5.83. The van der Waals surface area contributed by atoms with E-state index in [9.17, 15) is 4.79 Å². The topological polar surface area (TPSA) is 81.1 Å². The largest absolute Gasteiger partial charge is 0.477 e. The van der Waals surface area contributed by atoms with Crippen molar-refractivity contribution in [3.63, 3.8) is 0 Å². The Labute approximate surface area is 122 Å². The average Bonchev–Trinajstić information content (AvgIpc) is 3.04. The Balaban J connectivity index is 1.44. The van der Waals surface area contributed by atoms with Gasteiger partial charge in [0.15, 0.2) is 6.10 Å². The fourth-order valence-corrected chi connectivity index (χ4v) is 2.18. The number of para-hydroxylation sites is 2. The molecule has 110 valence electrons. The SMILES string of the molecule is O=C(NCCCn1ccnn1)C1CNc2ccccc2O1. The average molecular weight is 287 g/mol. The van der Waals surface area contributed by atoms with Crippen LogP contribution in [-0.2, 0) is 11.3 Å². The molecule has 1 aromatic heterocycles. The Morgan fingerprint density at radius 3 is 3.24 bits per heavy atom. The first-order valence-corrected chi connectivity index (χ1v) is 6.94. The number of aromatic nitrogens is 3. The van der Waals surface area contributed by atoms with E-state index in [1.165, 1.54) is 0 Å². The number of ether oxygens (including phenoxy) is 1. The number of benzene rings is 1. The maximum absolute atomic E-state index is 12.1. The van der Waals surface area contributed by atoms with E-state index >= 15 is 0 Å². The molecular formula is C14H17N5O2. The van der Waals surface area contributed by atoms with Crippen molar-refractivity contribution in [3.8, 4) is 5.75 Å². The summed E-state index contributed by atoms with van der Waals surface area (Å²) in [4.78, 5) is 12.1. The number of hydrogen-bond acceptors (Lipinski definition) is 5. The van der Waals surface area contributed by atoms with Crippen LogP contribution < -0.4 is 15.4 Å². The molecule has 3 rings (SSSR count). The molecule has 21 heavy (non-hydrogen) atoms. The van der Waals surface area contributed by atoms with Crippen LogP contribution >= 0.6 is 0 Å². The highest BCUT2D eigenvalue weighted by Gasteiger charge is 2.25. The maximum Gasteiger partial charge on any atom is 0.262 e. The first-order valence-electron chi connectivity index (χ1n) is 6.94. The van der Waals surface area contributed by atoms with Crippen LogP contribution in [0.2, 0.25) is 0 Å². The van der Waals surface area contributed by atoms with Crippen LogP contribution in [0.15, 0.2) is 36.7 Å². The lowest BCUT2D eigenvalue weighted by Gasteiger charge is -2.26. The van der Waals surface area contributed by atoms with Gasteiger partial charge in [-0.15, -0.1) is 5.10 Å². The van der Waals surface area contributed by atoms with Gasteiger partial charge in [-0.1, -0.05) is 17.3 Å². The molecule has 0 bridgehead atoms. The van der Waals surface area contributed by atoms with Gasteiger partial charge < -0.3 is 15.4 Å². The van der Waals surface area contributed by atoms with Crippen molar-refractivity contribution in [1.82, 2.24) is 20.3 Å². The van der Waals surface area contributed by atoms with Gasteiger partial charge in [0.1, 0.15) is 5.75 Å². The Kier molecular flexibility index (Phi) is 3.99. The second kappa shape index (κ2) is 6.25. The van der Waals surface area contributed by atoms with Crippen molar-refractivity contribution in [1.29, 1.82) is 0 Å². The third-order valence-corrected chi connectivity index (χ3v) is 3.26. The van der Waals surface area contributed by atoms with Crippen LogP contribution in [0, 0.1) is 0 Å². The molecule has 0 aliphatic carbocycles. The molecule has 1 aliphatic rings. The molecular weight excluding hydrogens is 270 g/mol. The number of fused-ring (bicyclic) bond motifs is 1. The molecule has 2 N–H and O–H groups in total. The van der Waals surface area contributed by atoms with Crippen molar-refractivity contribution in [2.45, 2.75) is 19.1 Å². The number of nitrogens with one attached hydrogen (secondary N) is 2. The predicted octanol–water partition coefficient (Wildman–Crippen LogP) is 0.657. The zero-order chi connectivity index (χ0) is 14.5. The van der Waals surface area contributed by atoms with Gasteiger partial charge in [0.2, 0.25) is 0 Å². The van der Waals surface area contributed by atoms with Crippen LogP contribution in [-0.4, -0.2) is 40.1 Å². The molecule has 2 heterocycles. The summed E-state index contributed by atoms with van der Waals surface area (Å²) < 4.78 is 7.43. The number of carbonyl (C=O) groups is 1. The normalized spacial score (nSPS) is 16.5. The Bertz CT molecular complexity index is 599. The number of rotatable bonds is 5. The zero-order valence-electron chi connectivity index (χ0n) is 11.5. The van der Waals surface area contributed by atoms with Crippen LogP contribution in [0.1, 0.15) is 6.42 Å². The molecule has 1 unspecified atom stereocenters. The summed E-state index contributed by atoms with van der Waals surface area (Å²) in [5, 5.41) is 13.7. The fraction of sp³-hybridized carbons (Fsp3) is 0.357. The van der Waals surface area contributed by atoms with Gasteiger partial charge in [-0.05, 0) is 18.6 Å². The highest BCUT2D eigenvalue weighted by Crippen LogP contribution is 2.28. The summed E-state index contributed by atoms with van der Waals surface area (Å²) in [5.41, 5.74) is 0.924. The quantitative estimate of drug-likeness (QED) is 0.790. The summed E-state index contributed by atoms with van der Waals surface area (Å²) in [6, 6.07) is 7.60. The van der Waals surface area contributed by atoms with E-state index in [1.54, 1.807) is 17.1 Å². The second-order valence-corrected chi connectivity index (χ2v) is 4.79. The smallest absolute Gasteiger partial charge is 0.262 e. The Morgan fingerprint density at radius 1 is 1.48 bits per heavy atom. The lowest BCUT2D eigenvalue weighted by Crippen LogP contribution is -2.45. The number of hydrogen-bond donors (Lipinski definition) is 2. The molecule has 0 fully saturated rings. The van der Waals surface area contributed by atoms with Gasteiger partial charge in [0, 0.05) is 19.3 Å². The number of anilines is 1. The van der Waals surface area contributed by atoms with E-state index in [2.05, 4.69) is 20.9 Å². The summed E-state index contributed by atoms with van der Waals surface area (Å²) in [5.74, 6) is 0.613. The first-order chi connectivity index (χ1) is 10.3. The molecule has 1 aliphatic heterocycles. The van der Waals surface area contributed by atoms with Crippen LogP contribution in [0.25, 0.3) is 0 Å². The molecule has 7 heteroatoms. The number of aryl methyl sites for hydroxylation is 1.